The van der Waals surface area contributed by atoms with E-state index in [-0.39, 0.29) is 5.91 Å². The van der Waals surface area contributed by atoms with Gasteiger partial charge in [-0.3, -0.25) is 13.8 Å². The summed E-state index contributed by atoms with van der Waals surface area (Å²) in [6, 6.07) is 10.3. The highest BCUT2D eigenvalue weighted by Crippen LogP contribution is 2.37. The Labute approximate surface area is 195 Å². The molecule has 1 amide bonds. The van der Waals surface area contributed by atoms with Gasteiger partial charge in [0, 0.05) is 91.1 Å². The highest BCUT2D eigenvalue weighted by Gasteiger charge is 2.18. The Balaban J connectivity index is 1.69. The maximum atomic E-state index is 12.2. The summed E-state index contributed by atoms with van der Waals surface area (Å²) in [6.07, 6.45) is 5.56. The number of benzene rings is 1. The predicted octanol–water partition coefficient (Wildman–Crippen LogP) is 4.29. The lowest BCUT2D eigenvalue weighted by Crippen LogP contribution is -2.36. The van der Waals surface area contributed by atoms with Crippen molar-refractivity contribution in [3.63, 3.8) is 0 Å². The lowest BCUT2D eigenvalue weighted by atomic mass is 10.0. The number of carbonyl (C=O) groups is 1. The van der Waals surface area contributed by atoms with Gasteiger partial charge >= 0.3 is 0 Å². The Morgan fingerprint density at radius 1 is 1.16 bits per heavy atom. The van der Waals surface area contributed by atoms with E-state index in [9.17, 15) is 4.79 Å². The largest absolute Gasteiger partial charge is 0.378 e. The zero-order valence-corrected chi connectivity index (χ0v) is 19.8. The van der Waals surface area contributed by atoms with Gasteiger partial charge in [0.15, 0.2) is 5.65 Å². The molecule has 1 saturated heterocycles. The van der Waals surface area contributed by atoms with Crippen LogP contribution in [0.15, 0.2) is 48.9 Å². The van der Waals surface area contributed by atoms with Crippen LogP contribution in [0.1, 0.15) is 10.4 Å². The molecule has 1 fully saturated rings. The standard InChI is InChI=1S/C22H20IN5O2S/c1-24-22(29)15-11-16-18(13-28(31-23)21(16)26-12-15)14-2-3-19-17(10-14)20(4-5-25-19)27-6-8-30-9-7-27/h2-5,10-13H,6-9H2,1H3,(H,24,29). The molecule has 1 aromatic carbocycles. The molecule has 0 unspecified atom stereocenters. The number of aromatic nitrogens is 3. The summed E-state index contributed by atoms with van der Waals surface area (Å²) in [5, 5.41) is 4.73. The molecule has 4 aromatic rings. The Morgan fingerprint density at radius 2 is 2.00 bits per heavy atom. The molecule has 5 rings (SSSR count). The number of ether oxygens (including phenoxy) is 1. The molecular weight excluding hydrogens is 525 g/mol. The number of carbonyl (C=O) groups excluding carboxylic acids is 1. The number of nitrogens with zero attached hydrogens (tertiary/aromatic N) is 4. The van der Waals surface area contributed by atoms with Crippen LogP contribution in [0.3, 0.4) is 0 Å². The van der Waals surface area contributed by atoms with Crippen molar-refractivity contribution in [1.82, 2.24) is 19.3 Å². The molecule has 0 saturated carbocycles. The number of halogens is 1. The average Bonchev–Trinajstić information content (AvgIpc) is 3.21. The molecule has 0 aliphatic carbocycles. The first-order chi connectivity index (χ1) is 15.2. The van der Waals surface area contributed by atoms with Crippen LogP contribution < -0.4 is 10.2 Å². The minimum Gasteiger partial charge on any atom is -0.378 e. The topological polar surface area (TPSA) is 72.3 Å². The van der Waals surface area contributed by atoms with Crippen LogP contribution in [0.2, 0.25) is 0 Å². The van der Waals surface area contributed by atoms with E-state index in [1.165, 1.54) is 5.69 Å². The molecule has 3 aromatic heterocycles. The number of anilines is 1. The summed E-state index contributed by atoms with van der Waals surface area (Å²) < 4.78 is 7.55. The van der Waals surface area contributed by atoms with E-state index in [1.807, 2.05) is 16.2 Å². The number of hydrogen-bond donors (Lipinski definition) is 1. The summed E-state index contributed by atoms with van der Waals surface area (Å²) in [6.45, 7) is 3.21. The molecule has 0 spiro atoms. The molecule has 7 nitrogen and oxygen atoms in total. The maximum absolute atomic E-state index is 12.2. The number of nitrogens with one attached hydrogen (secondary N) is 1. The molecular formula is C22H20IN5O2S. The van der Waals surface area contributed by atoms with E-state index in [2.05, 4.69) is 71.9 Å². The normalized spacial score (nSPS) is 14.3. The Kier molecular flexibility index (Phi) is 5.72. The summed E-state index contributed by atoms with van der Waals surface area (Å²) in [5.41, 5.74) is 5.62. The van der Waals surface area contributed by atoms with Crippen LogP contribution in [0.5, 0.6) is 0 Å². The molecule has 9 heteroatoms. The first kappa shape index (κ1) is 20.5. The van der Waals surface area contributed by atoms with Crippen LogP contribution in [-0.4, -0.2) is 53.2 Å². The van der Waals surface area contributed by atoms with Crippen molar-refractivity contribution in [2.24, 2.45) is 0 Å². The number of hydrogen-bond acceptors (Lipinski definition) is 6. The molecule has 0 atom stereocenters. The first-order valence-corrected chi connectivity index (χ1v) is 13.3. The van der Waals surface area contributed by atoms with Crippen LogP contribution in [0.4, 0.5) is 5.69 Å². The molecule has 1 aliphatic heterocycles. The van der Waals surface area contributed by atoms with Gasteiger partial charge in [0.1, 0.15) is 0 Å². The van der Waals surface area contributed by atoms with Gasteiger partial charge in [-0.15, -0.1) is 0 Å². The fourth-order valence-electron chi connectivity index (χ4n) is 4.01. The highest BCUT2D eigenvalue weighted by atomic mass is 127. The van der Waals surface area contributed by atoms with Gasteiger partial charge in [-0.25, -0.2) is 4.98 Å². The number of pyridine rings is 2. The number of morpholine rings is 1. The van der Waals surface area contributed by atoms with Crippen LogP contribution in [0.25, 0.3) is 33.1 Å². The second-order valence-electron chi connectivity index (χ2n) is 7.27. The SMILES string of the molecule is CNC(=O)c1cnc2c(c1)c(-c1ccc3nccc(N4CCOCC4)c3c1)cn2SI. The first-order valence-electron chi connectivity index (χ1n) is 9.93. The third-order valence-corrected chi connectivity index (χ3v) is 7.26. The van der Waals surface area contributed by atoms with Crippen LogP contribution in [0, 0.1) is 0 Å². The van der Waals surface area contributed by atoms with Gasteiger partial charge in [0.05, 0.1) is 24.3 Å². The van der Waals surface area contributed by atoms with Crippen molar-refractivity contribution in [3.05, 3.63) is 54.5 Å². The van der Waals surface area contributed by atoms with Gasteiger partial charge in [0.2, 0.25) is 0 Å². The second kappa shape index (κ2) is 8.64. The Morgan fingerprint density at radius 3 is 2.77 bits per heavy atom. The van der Waals surface area contributed by atoms with Crippen molar-refractivity contribution in [1.29, 1.82) is 0 Å². The van der Waals surface area contributed by atoms with Gasteiger partial charge in [0.25, 0.3) is 5.91 Å². The summed E-state index contributed by atoms with van der Waals surface area (Å²) in [4.78, 5) is 23.7. The van der Waals surface area contributed by atoms with Gasteiger partial charge in [-0.2, -0.15) is 0 Å². The summed E-state index contributed by atoms with van der Waals surface area (Å²) in [5.74, 6) is -0.146. The van der Waals surface area contributed by atoms with Crippen molar-refractivity contribution in [2.45, 2.75) is 0 Å². The number of rotatable bonds is 4. The molecule has 0 bridgehead atoms. The molecule has 158 valence electrons. The molecule has 0 radical (unpaired) electrons. The van der Waals surface area contributed by atoms with Crippen LogP contribution in [-0.2, 0) is 4.74 Å². The molecule has 4 heterocycles. The van der Waals surface area contributed by atoms with E-state index < -0.39 is 0 Å². The lowest BCUT2D eigenvalue weighted by molar-refractivity contribution is 0.0963. The third kappa shape index (κ3) is 3.74. The van der Waals surface area contributed by atoms with Gasteiger partial charge < -0.3 is 15.0 Å². The fourth-order valence-corrected chi connectivity index (χ4v) is 5.27. The summed E-state index contributed by atoms with van der Waals surface area (Å²) >= 11 is 2.24. The quantitative estimate of drug-likeness (QED) is 0.386. The van der Waals surface area contributed by atoms with Crippen molar-refractivity contribution in [3.8, 4) is 11.1 Å². The zero-order chi connectivity index (χ0) is 21.4. The van der Waals surface area contributed by atoms with E-state index in [1.54, 1.807) is 22.4 Å². The smallest absolute Gasteiger partial charge is 0.252 e. The molecule has 1 aliphatic rings. The van der Waals surface area contributed by atoms with Crippen LogP contribution >= 0.6 is 30.3 Å². The fraction of sp³-hybridized carbons (Fsp3) is 0.227. The van der Waals surface area contributed by atoms with Crippen molar-refractivity contribution < 1.29 is 9.53 Å². The van der Waals surface area contributed by atoms with E-state index in [0.29, 0.717) is 5.56 Å². The van der Waals surface area contributed by atoms with Gasteiger partial charge in [-0.1, -0.05) is 6.07 Å². The Hall–Kier alpha value is -2.37. The van der Waals surface area contributed by atoms with Crippen molar-refractivity contribution >= 4 is 63.9 Å². The average molecular weight is 545 g/mol. The number of amides is 1. The van der Waals surface area contributed by atoms with Gasteiger partial charge in [-0.05, 0) is 29.8 Å². The highest BCUT2D eigenvalue weighted by molar-refractivity contribution is 14.2. The minimum absolute atomic E-state index is 0.146. The Bertz CT molecular complexity index is 1290. The monoisotopic (exact) mass is 545 g/mol. The minimum atomic E-state index is -0.146. The lowest BCUT2D eigenvalue weighted by Gasteiger charge is -2.29. The maximum Gasteiger partial charge on any atom is 0.252 e. The molecule has 1 N–H and O–H groups in total. The summed E-state index contributed by atoms with van der Waals surface area (Å²) in [7, 11) is 3.18. The third-order valence-electron chi connectivity index (χ3n) is 5.56. The zero-order valence-electron chi connectivity index (χ0n) is 16.8. The number of fused-ring (bicyclic) bond motifs is 2. The molecule has 31 heavy (non-hydrogen) atoms. The van der Waals surface area contributed by atoms with Crippen molar-refractivity contribution in [2.75, 3.05) is 38.3 Å². The van der Waals surface area contributed by atoms with E-state index in [0.717, 1.165) is 59.4 Å². The van der Waals surface area contributed by atoms with E-state index >= 15 is 0 Å². The van der Waals surface area contributed by atoms with E-state index in [4.69, 9.17) is 4.74 Å². The predicted molar refractivity (Wildman–Crippen MR) is 134 cm³/mol. The second-order valence-corrected chi connectivity index (χ2v) is 8.99.